The van der Waals surface area contributed by atoms with Crippen LogP contribution in [-0.2, 0) is 4.74 Å². The lowest BCUT2D eigenvalue weighted by Crippen LogP contribution is -2.26. The average molecular weight is 265 g/mol. The largest absolute Gasteiger partial charge is 0.475 e. The highest BCUT2D eigenvalue weighted by Crippen LogP contribution is 2.18. The average Bonchev–Trinajstić information content (AvgIpc) is 2.46. The number of anilines is 1. The summed E-state index contributed by atoms with van der Waals surface area (Å²) in [7, 11) is 0. The Bertz CT molecular complexity index is 392. The van der Waals surface area contributed by atoms with E-state index in [1.165, 1.54) is 6.42 Å². The van der Waals surface area contributed by atoms with Gasteiger partial charge in [-0.2, -0.15) is 4.98 Å². The number of hydrogen-bond acceptors (Lipinski definition) is 5. The van der Waals surface area contributed by atoms with Crippen molar-refractivity contribution in [2.24, 2.45) is 0 Å². The van der Waals surface area contributed by atoms with Gasteiger partial charge in [0.15, 0.2) is 0 Å². The zero-order valence-corrected chi connectivity index (χ0v) is 11.8. The smallest absolute Gasteiger partial charge is 0.225 e. The van der Waals surface area contributed by atoms with Crippen LogP contribution in [-0.4, -0.2) is 35.8 Å². The molecule has 0 amide bonds. The van der Waals surface area contributed by atoms with Gasteiger partial charge in [-0.1, -0.05) is 6.92 Å². The van der Waals surface area contributed by atoms with Crippen molar-refractivity contribution in [3.8, 4) is 5.88 Å². The quantitative estimate of drug-likeness (QED) is 0.856. The zero-order valence-electron chi connectivity index (χ0n) is 11.8. The number of aryl methyl sites for hydroxylation is 1. The Labute approximate surface area is 114 Å². The van der Waals surface area contributed by atoms with Gasteiger partial charge in [0.25, 0.3) is 0 Å². The Kier molecular flexibility index (Phi) is 5.39. The van der Waals surface area contributed by atoms with Gasteiger partial charge in [-0.05, 0) is 32.6 Å². The first kappa shape index (κ1) is 14.1. The fourth-order valence-corrected chi connectivity index (χ4v) is 2.01. The minimum Gasteiger partial charge on any atom is -0.475 e. The molecular weight excluding hydrogens is 242 g/mol. The molecule has 0 spiro atoms. The summed E-state index contributed by atoms with van der Waals surface area (Å²) in [6.07, 6.45) is 6.50. The van der Waals surface area contributed by atoms with Crippen molar-refractivity contribution in [2.75, 3.05) is 25.1 Å². The summed E-state index contributed by atoms with van der Waals surface area (Å²) < 4.78 is 11.4. The number of hydrogen-bond donors (Lipinski definition) is 1. The summed E-state index contributed by atoms with van der Waals surface area (Å²) >= 11 is 0. The molecule has 0 aromatic carbocycles. The van der Waals surface area contributed by atoms with Crippen LogP contribution in [0.5, 0.6) is 5.88 Å². The molecule has 1 unspecified atom stereocenters. The van der Waals surface area contributed by atoms with Gasteiger partial charge in [-0.15, -0.1) is 0 Å². The second-order valence-electron chi connectivity index (χ2n) is 4.91. The number of ether oxygens (including phenoxy) is 2. The molecule has 1 atom stereocenters. The zero-order chi connectivity index (χ0) is 13.5. The normalized spacial score (nSPS) is 19.2. The standard InChI is InChI=1S/C14H23N3O2/c1-3-7-15-14-16-9-11(2)13(17-14)19-10-12-6-4-5-8-18-12/h9,12H,3-8,10H2,1-2H3,(H,15,16,17). The van der Waals surface area contributed by atoms with Gasteiger partial charge >= 0.3 is 0 Å². The van der Waals surface area contributed by atoms with E-state index in [-0.39, 0.29) is 6.10 Å². The first-order chi connectivity index (χ1) is 9.29. The Morgan fingerprint density at radius 3 is 3.11 bits per heavy atom. The highest BCUT2D eigenvalue weighted by atomic mass is 16.5. The van der Waals surface area contributed by atoms with Gasteiger partial charge in [-0.25, -0.2) is 4.98 Å². The van der Waals surface area contributed by atoms with Crippen molar-refractivity contribution in [3.63, 3.8) is 0 Å². The van der Waals surface area contributed by atoms with Gasteiger partial charge in [0.05, 0.1) is 6.10 Å². The lowest BCUT2D eigenvalue weighted by Gasteiger charge is -2.22. The van der Waals surface area contributed by atoms with Gasteiger partial charge < -0.3 is 14.8 Å². The molecule has 0 radical (unpaired) electrons. The Balaban J connectivity index is 1.90. The highest BCUT2D eigenvalue weighted by Gasteiger charge is 2.15. The van der Waals surface area contributed by atoms with Gasteiger partial charge in [0.2, 0.25) is 11.8 Å². The molecule has 2 heterocycles. The predicted octanol–water partition coefficient (Wildman–Crippen LogP) is 2.55. The van der Waals surface area contributed by atoms with Crippen LogP contribution in [0.4, 0.5) is 5.95 Å². The summed E-state index contributed by atoms with van der Waals surface area (Å²) in [4.78, 5) is 8.63. The van der Waals surface area contributed by atoms with Crippen molar-refractivity contribution in [1.82, 2.24) is 9.97 Å². The van der Waals surface area contributed by atoms with Crippen molar-refractivity contribution in [2.45, 2.75) is 45.6 Å². The van der Waals surface area contributed by atoms with Crippen molar-refractivity contribution < 1.29 is 9.47 Å². The number of aromatic nitrogens is 2. The third-order valence-electron chi connectivity index (χ3n) is 3.14. The van der Waals surface area contributed by atoms with Crippen molar-refractivity contribution in [3.05, 3.63) is 11.8 Å². The van der Waals surface area contributed by atoms with Crippen LogP contribution in [0.1, 0.15) is 38.2 Å². The Hall–Kier alpha value is -1.36. The minimum atomic E-state index is 0.204. The maximum absolute atomic E-state index is 5.78. The monoisotopic (exact) mass is 265 g/mol. The topological polar surface area (TPSA) is 56.3 Å². The summed E-state index contributed by atoms with van der Waals surface area (Å²) in [5, 5.41) is 3.17. The van der Waals surface area contributed by atoms with E-state index in [0.717, 1.165) is 38.0 Å². The van der Waals surface area contributed by atoms with E-state index in [9.17, 15) is 0 Å². The molecule has 2 rings (SSSR count). The molecule has 1 aliphatic heterocycles. The summed E-state index contributed by atoms with van der Waals surface area (Å²) in [6.45, 7) is 6.36. The lowest BCUT2D eigenvalue weighted by molar-refractivity contribution is -0.0120. The van der Waals surface area contributed by atoms with E-state index in [0.29, 0.717) is 18.4 Å². The van der Waals surface area contributed by atoms with Crippen LogP contribution in [0, 0.1) is 6.92 Å². The molecule has 19 heavy (non-hydrogen) atoms. The van der Waals surface area contributed by atoms with Crippen LogP contribution in [0.25, 0.3) is 0 Å². The molecular formula is C14H23N3O2. The predicted molar refractivity (Wildman–Crippen MR) is 74.6 cm³/mol. The summed E-state index contributed by atoms with van der Waals surface area (Å²) in [5.41, 5.74) is 0.956. The highest BCUT2D eigenvalue weighted by molar-refractivity contribution is 5.32. The van der Waals surface area contributed by atoms with E-state index in [1.54, 1.807) is 6.20 Å². The first-order valence-electron chi connectivity index (χ1n) is 7.11. The molecule has 1 fully saturated rings. The molecule has 1 aliphatic rings. The second-order valence-corrected chi connectivity index (χ2v) is 4.91. The number of nitrogens with zero attached hydrogens (tertiary/aromatic N) is 2. The van der Waals surface area contributed by atoms with Gasteiger partial charge in [0, 0.05) is 24.9 Å². The Morgan fingerprint density at radius 1 is 1.47 bits per heavy atom. The van der Waals surface area contributed by atoms with Crippen LogP contribution >= 0.6 is 0 Å². The fraction of sp³-hybridized carbons (Fsp3) is 0.714. The minimum absolute atomic E-state index is 0.204. The van der Waals surface area contributed by atoms with Gasteiger partial charge in [0.1, 0.15) is 6.61 Å². The number of rotatable bonds is 6. The third-order valence-corrected chi connectivity index (χ3v) is 3.14. The molecule has 106 valence electrons. The molecule has 1 N–H and O–H groups in total. The second kappa shape index (κ2) is 7.28. The van der Waals surface area contributed by atoms with E-state index in [1.807, 2.05) is 6.92 Å². The molecule has 1 aromatic heterocycles. The Morgan fingerprint density at radius 2 is 2.37 bits per heavy atom. The third kappa shape index (κ3) is 4.35. The van der Waals surface area contributed by atoms with Crippen LogP contribution in [0.2, 0.25) is 0 Å². The maximum Gasteiger partial charge on any atom is 0.225 e. The van der Waals surface area contributed by atoms with Crippen molar-refractivity contribution >= 4 is 5.95 Å². The SMILES string of the molecule is CCCNc1ncc(C)c(OCC2CCCCO2)n1. The molecule has 5 nitrogen and oxygen atoms in total. The molecule has 0 bridgehead atoms. The lowest BCUT2D eigenvalue weighted by atomic mass is 10.1. The number of nitrogens with one attached hydrogen (secondary N) is 1. The van der Waals surface area contributed by atoms with Crippen LogP contribution in [0.3, 0.4) is 0 Å². The van der Waals surface area contributed by atoms with Crippen LogP contribution < -0.4 is 10.1 Å². The molecule has 1 aromatic rings. The summed E-state index contributed by atoms with van der Waals surface area (Å²) in [5.74, 6) is 1.29. The van der Waals surface area contributed by atoms with E-state index < -0.39 is 0 Å². The van der Waals surface area contributed by atoms with E-state index >= 15 is 0 Å². The first-order valence-corrected chi connectivity index (χ1v) is 7.11. The summed E-state index contributed by atoms with van der Waals surface area (Å²) in [6, 6.07) is 0. The molecule has 0 saturated carbocycles. The fourth-order valence-electron chi connectivity index (χ4n) is 2.01. The maximum atomic E-state index is 5.78. The van der Waals surface area contributed by atoms with Crippen molar-refractivity contribution in [1.29, 1.82) is 0 Å². The van der Waals surface area contributed by atoms with Gasteiger partial charge in [-0.3, -0.25) is 0 Å². The van der Waals surface area contributed by atoms with Crippen LogP contribution in [0.15, 0.2) is 6.20 Å². The molecule has 0 aliphatic carbocycles. The van der Waals surface area contributed by atoms with E-state index in [2.05, 4.69) is 22.2 Å². The molecule has 1 saturated heterocycles. The molecule has 5 heteroatoms. The van der Waals surface area contributed by atoms with E-state index in [4.69, 9.17) is 9.47 Å².